The summed E-state index contributed by atoms with van der Waals surface area (Å²) in [5.41, 5.74) is 1.72. The maximum Gasteiger partial charge on any atom is 0.125 e. The Morgan fingerprint density at radius 1 is 1.21 bits per heavy atom. The number of benzene rings is 2. The van der Waals surface area contributed by atoms with Crippen molar-refractivity contribution >= 4 is 16.5 Å². The molecule has 2 rings (SSSR count). The zero-order chi connectivity index (χ0) is 13.7. The van der Waals surface area contributed by atoms with Crippen LogP contribution < -0.4 is 5.32 Å². The fourth-order valence-electron chi connectivity index (χ4n) is 2.20. The second-order valence-electron chi connectivity index (χ2n) is 4.50. The van der Waals surface area contributed by atoms with Gasteiger partial charge < -0.3 is 10.4 Å². The van der Waals surface area contributed by atoms with Crippen molar-refractivity contribution in [1.29, 1.82) is 0 Å². The molecule has 0 atom stereocenters. The standard InChI is InChI=1S/C16H20N2O/c1-3-17-10-11-18-12(2)16-14-7-5-4-6-13(14)8-9-15(16)19/h4-9,17,19H,3,10-11H2,1-2H3. The number of fused-ring (bicyclic) bond motifs is 1. The summed E-state index contributed by atoms with van der Waals surface area (Å²) in [4.78, 5) is 4.54. The number of phenolic OH excluding ortho intramolecular Hbond substituents is 1. The lowest BCUT2D eigenvalue weighted by molar-refractivity contribution is 0.475. The minimum absolute atomic E-state index is 0.295. The van der Waals surface area contributed by atoms with E-state index in [0.717, 1.165) is 41.7 Å². The van der Waals surface area contributed by atoms with Crippen molar-refractivity contribution in [2.45, 2.75) is 13.8 Å². The van der Waals surface area contributed by atoms with E-state index in [1.165, 1.54) is 0 Å². The summed E-state index contributed by atoms with van der Waals surface area (Å²) < 4.78 is 0. The van der Waals surface area contributed by atoms with Crippen LogP contribution in [0.2, 0.25) is 0 Å². The van der Waals surface area contributed by atoms with E-state index in [4.69, 9.17) is 0 Å². The van der Waals surface area contributed by atoms with Crippen LogP contribution in [0.5, 0.6) is 5.75 Å². The van der Waals surface area contributed by atoms with Gasteiger partial charge in [-0.25, -0.2) is 0 Å². The van der Waals surface area contributed by atoms with E-state index in [0.29, 0.717) is 5.75 Å². The Morgan fingerprint density at radius 3 is 2.79 bits per heavy atom. The molecule has 2 aromatic rings. The van der Waals surface area contributed by atoms with E-state index in [1.54, 1.807) is 6.07 Å². The maximum atomic E-state index is 10.1. The van der Waals surface area contributed by atoms with Gasteiger partial charge in [-0.1, -0.05) is 37.3 Å². The van der Waals surface area contributed by atoms with Gasteiger partial charge in [0.05, 0.1) is 6.54 Å². The lowest BCUT2D eigenvalue weighted by Gasteiger charge is -2.09. The predicted octanol–water partition coefficient (Wildman–Crippen LogP) is 2.96. The largest absolute Gasteiger partial charge is 0.507 e. The van der Waals surface area contributed by atoms with Crippen LogP contribution in [0.3, 0.4) is 0 Å². The molecule has 0 aliphatic heterocycles. The molecular weight excluding hydrogens is 236 g/mol. The molecule has 2 N–H and O–H groups in total. The van der Waals surface area contributed by atoms with E-state index >= 15 is 0 Å². The molecule has 0 fully saturated rings. The fourth-order valence-corrected chi connectivity index (χ4v) is 2.20. The number of hydrogen-bond donors (Lipinski definition) is 2. The molecule has 2 aromatic carbocycles. The number of likely N-dealkylation sites (N-methyl/N-ethyl adjacent to an activating group) is 1. The van der Waals surface area contributed by atoms with E-state index < -0.39 is 0 Å². The highest BCUT2D eigenvalue weighted by atomic mass is 16.3. The summed E-state index contributed by atoms with van der Waals surface area (Å²) in [6.45, 7) is 6.57. The van der Waals surface area contributed by atoms with Crippen molar-refractivity contribution in [3.05, 3.63) is 42.0 Å². The fraction of sp³-hybridized carbons (Fsp3) is 0.312. The highest BCUT2D eigenvalue weighted by molar-refractivity contribution is 6.11. The lowest BCUT2D eigenvalue weighted by atomic mass is 10.0. The summed E-state index contributed by atoms with van der Waals surface area (Å²) in [7, 11) is 0. The van der Waals surface area contributed by atoms with Crippen LogP contribution in [0.25, 0.3) is 10.8 Å². The van der Waals surface area contributed by atoms with Gasteiger partial charge in [0.15, 0.2) is 0 Å². The normalized spacial score (nSPS) is 12.0. The summed E-state index contributed by atoms with van der Waals surface area (Å²) in [5, 5.41) is 15.5. The van der Waals surface area contributed by atoms with Gasteiger partial charge in [-0.2, -0.15) is 0 Å². The van der Waals surface area contributed by atoms with Crippen LogP contribution in [0.4, 0.5) is 0 Å². The number of rotatable bonds is 5. The first kappa shape index (κ1) is 13.6. The third-order valence-corrected chi connectivity index (χ3v) is 3.16. The molecule has 19 heavy (non-hydrogen) atoms. The SMILES string of the molecule is CCNCCN=C(C)c1c(O)ccc2ccccc12. The molecule has 0 saturated carbocycles. The Labute approximate surface area is 114 Å². The molecule has 0 aliphatic rings. The number of hydrogen-bond acceptors (Lipinski definition) is 3. The van der Waals surface area contributed by atoms with E-state index in [-0.39, 0.29) is 0 Å². The van der Waals surface area contributed by atoms with Gasteiger partial charge in [0.1, 0.15) is 5.75 Å². The first-order valence-corrected chi connectivity index (χ1v) is 6.67. The minimum Gasteiger partial charge on any atom is -0.507 e. The number of aliphatic imine (C=N–C) groups is 1. The van der Waals surface area contributed by atoms with Gasteiger partial charge in [0, 0.05) is 17.8 Å². The lowest BCUT2D eigenvalue weighted by Crippen LogP contribution is -2.17. The van der Waals surface area contributed by atoms with Gasteiger partial charge >= 0.3 is 0 Å². The molecule has 0 aromatic heterocycles. The number of nitrogens with zero attached hydrogens (tertiary/aromatic N) is 1. The molecule has 0 spiro atoms. The molecular formula is C16H20N2O. The summed E-state index contributed by atoms with van der Waals surface area (Å²) in [6.07, 6.45) is 0. The van der Waals surface area contributed by atoms with Crippen molar-refractivity contribution < 1.29 is 5.11 Å². The highest BCUT2D eigenvalue weighted by Gasteiger charge is 2.09. The molecule has 3 heteroatoms. The molecule has 0 bridgehead atoms. The Balaban J connectivity index is 2.35. The highest BCUT2D eigenvalue weighted by Crippen LogP contribution is 2.27. The predicted molar refractivity (Wildman–Crippen MR) is 81.2 cm³/mol. The molecule has 0 heterocycles. The zero-order valence-electron chi connectivity index (χ0n) is 11.5. The van der Waals surface area contributed by atoms with E-state index in [2.05, 4.69) is 17.2 Å². The quantitative estimate of drug-likeness (QED) is 0.638. The topological polar surface area (TPSA) is 44.6 Å². The van der Waals surface area contributed by atoms with Crippen molar-refractivity contribution in [2.75, 3.05) is 19.6 Å². The minimum atomic E-state index is 0.295. The van der Waals surface area contributed by atoms with Crippen LogP contribution in [0.1, 0.15) is 19.4 Å². The molecule has 0 radical (unpaired) electrons. The Bertz CT molecular complexity index is 590. The zero-order valence-corrected chi connectivity index (χ0v) is 11.5. The Hall–Kier alpha value is -1.87. The average Bonchev–Trinajstić information content (AvgIpc) is 2.43. The van der Waals surface area contributed by atoms with Crippen LogP contribution in [0.15, 0.2) is 41.4 Å². The van der Waals surface area contributed by atoms with Gasteiger partial charge in [-0.3, -0.25) is 4.99 Å². The third-order valence-electron chi connectivity index (χ3n) is 3.16. The molecule has 100 valence electrons. The second-order valence-corrected chi connectivity index (χ2v) is 4.50. The monoisotopic (exact) mass is 256 g/mol. The summed E-state index contributed by atoms with van der Waals surface area (Å²) >= 11 is 0. The van der Waals surface area contributed by atoms with Crippen molar-refractivity contribution in [3.63, 3.8) is 0 Å². The number of aromatic hydroxyl groups is 1. The van der Waals surface area contributed by atoms with Crippen LogP contribution in [-0.2, 0) is 0 Å². The van der Waals surface area contributed by atoms with Crippen molar-refractivity contribution in [3.8, 4) is 5.75 Å². The van der Waals surface area contributed by atoms with Gasteiger partial charge in [-0.05, 0) is 30.3 Å². The maximum absolute atomic E-state index is 10.1. The van der Waals surface area contributed by atoms with Gasteiger partial charge in [0.25, 0.3) is 0 Å². The first-order chi connectivity index (χ1) is 9.24. The molecule has 0 aliphatic carbocycles. The van der Waals surface area contributed by atoms with Gasteiger partial charge in [-0.15, -0.1) is 0 Å². The van der Waals surface area contributed by atoms with E-state index in [9.17, 15) is 5.11 Å². The average molecular weight is 256 g/mol. The van der Waals surface area contributed by atoms with Crippen LogP contribution >= 0.6 is 0 Å². The van der Waals surface area contributed by atoms with Crippen molar-refractivity contribution in [1.82, 2.24) is 5.32 Å². The first-order valence-electron chi connectivity index (χ1n) is 6.67. The Kier molecular flexibility index (Phi) is 4.53. The smallest absolute Gasteiger partial charge is 0.125 e. The molecule has 0 amide bonds. The van der Waals surface area contributed by atoms with Gasteiger partial charge in [0.2, 0.25) is 0 Å². The summed E-state index contributed by atoms with van der Waals surface area (Å²) in [5.74, 6) is 0.295. The Morgan fingerprint density at radius 2 is 2.00 bits per heavy atom. The summed E-state index contributed by atoms with van der Waals surface area (Å²) in [6, 6.07) is 11.7. The second kappa shape index (κ2) is 6.34. The number of phenols is 1. The number of nitrogens with one attached hydrogen (secondary N) is 1. The molecule has 0 unspecified atom stereocenters. The van der Waals surface area contributed by atoms with Crippen LogP contribution in [-0.4, -0.2) is 30.5 Å². The third kappa shape index (κ3) is 3.12. The molecule has 0 saturated heterocycles. The molecule has 3 nitrogen and oxygen atoms in total. The van der Waals surface area contributed by atoms with Crippen LogP contribution in [0, 0.1) is 0 Å². The van der Waals surface area contributed by atoms with E-state index in [1.807, 2.05) is 37.3 Å². The van der Waals surface area contributed by atoms with Crippen molar-refractivity contribution in [2.24, 2.45) is 4.99 Å².